The van der Waals surface area contributed by atoms with Gasteiger partial charge in [-0.3, -0.25) is 18.9 Å². The molecule has 0 saturated carbocycles. The predicted molar refractivity (Wildman–Crippen MR) is 182 cm³/mol. The van der Waals surface area contributed by atoms with Gasteiger partial charge in [0.1, 0.15) is 0 Å². The second-order valence-electron chi connectivity index (χ2n) is 11.6. The minimum absolute atomic E-state index is 0.0153. The Morgan fingerprint density at radius 1 is 0.792 bits per heavy atom. The molecule has 0 spiro atoms. The van der Waals surface area contributed by atoms with Crippen LogP contribution in [0.1, 0.15) is 60.9 Å². The molecule has 0 aliphatic rings. The van der Waals surface area contributed by atoms with Crippen LogP contribution >= 0.6 is 0 Å². The molecular formula is C34H41N4O8S2+. The minimum atomic E-state index is -4.36. The maximum Gasteiger partial charge on any atom is 0.269 e. The van der Waals surface area contributed by atoms with Crippen molar-refractivity contribution in [1.82, 2.24) is 9.62 Å². The molecule has 48 heavy (non-hydrogen) atoms. The number of pyridine rings is 1. The van der Waals surface area contributed by atoms with Crippen LogP contribution < -0.4 is 15.6 Å². The number of nitrogens with zero attached hydrogens (tertiary/aromatic N) is 2. The van der Waals surface area contributed by atoms with E-state index in [1.807, 2.05) is 11.5 Å². The van der Waals surface area contributed by atoms with Crippen molar-refractivity contribution in [1.29, 1.82) is 0 Å². The molecule has 4 N–H and O–H groups in total. The van der Waals surface area contributed by atoms with Crippen molar-refractivity contribution in [3.05, 3.63) is 83.9 Å². The number of sulfonamides is 1. The average molecular weight is 698 g/mol. The summed E-state index contributed by atoms with van der Waals surface area (Å²) >= 11 is 0. The fourth-order valence-electron chi connectivity index (χ4n) is 5.59. The Kier molecular flexibility index (Phi) is 12.2. The lowest BCUT2D eigenvalue weighted by Gasteiger charge is -2.24. The highest BCUT2D eigenvalue weighted by Crippen LogP contribution is 2.29. The third kappa shape index (κ3) is 9.36. The summed E-state index contributed by atoms with van der Waals surface area (Å²) < 4.78 is 63.1. The van der Waals surface area contributed by atoms with E-state index in [4.69, 9.17) is 5.73 Å². The van der Waals surface area contributed by atoms with Gasteiger partial charge in [-0.1, -0.05) is 48.4 Å². The number of hydrogen-bond donors (Lipinski definition) is 3. The van der Waals surface area contributed by atoms with E-state index < -0.39 is 31.8 Å². The zero-order valence-electron chi connectivity index (χ0n) is 26.8. The standard InChI is InChI=1S/C34H40N4O8S2/c1-25-17-19-26(20-18-25)48(45,46)38(23-9-16-32(40)36-21-8-2-3-15-31(35)39)34(41)33-27-11-4-6-13-29(27)37(22-10-24-47(42,43)44)30-14-7-5-12-28(30)33/h4-7,11-14,17-20H,2-3,8-10,15-16,21-24H2,1H3,(H3-,35,36,39,40,42,43,44)/p+1. The van der Waals surface area contributed by atoms with Gasteiger partial charge in [0.05, 0.1) is 27.0 Å². The van der Waals surface area contributed by atoms with Crippen LogP contribution in [0.3, 0.4) is 0 Å². The molecule has 1 aromatic heterocycles. The highest BCUT2D eigenvalue weighted by Gasteiger charge is 2.34. The average Bonchev–Trinajstić information content (AvgIpc) is 3.03. The number of aromatic nitrogens is 1. The summed E-state index contributed by atoms with van der Waals surface area (Å²) in [6.07, 6.45) is 2.46. The van der Waals surface area contributed by atoms with Crippen molar-refractivity contribution in [3.63, 3.8) is 0 Å². The van der Waals surface area contributed by atoms with Gasteiger partial charge >= 0.3 is 0 Å². The van der Waals surface area contributed by atoms with Gasteiger partial charge in [-0.15, -0.1) is 0 Å². The largest absolute Gasteiger partial charge is 0.370 e. The molecule has 0 aliphatic heterocycles. The molecule has 4 aromatic rings. The summed E-state index contributed by atoms with van der Waals surface area (Å²) in [7, 11) is -8.55. The first-order valence-electron chi connectivity index (χ1n) is 15.8. The number of fused-ring (bicyclic) bond motifs is 2. The molecule has 14 heteroatoms. The molecule has 3 aromatic carbocycles. The van der Waals surface area contributed by atoms with Crippen LogP contribution in [0, 0.1) is 6.92 Å². The van der Waals surface area contributed by atoms with Gasteiger partial charge in [-0.05, 0) is 50.5 Å². The van der Waals surface area contributed by atoms with Gasteiger partial charge in [-0.2, -0.15) is 13.0 Å². The van der Waals surface area contributed by atoms with E-state index in [0.29, 0.717) is 41.2 Å². The fourth-order valence-corrected chi connectivity index (χ4v) is 7.49. The smallest absolute Gasteiger partial charge is 0.269 e. The van der Waals surface area contributed by atoms with Crippen LogP contribution in [0.5, 0.6) is 0 Å². The number of unbranched alkanes of at least 4 members (excludes halogenated alkanes) is 2. The molecule has 0 radical (unpaired) electrons. The van der Waals surface area contributed by atoms with Crippen molar-refractivity contribution in [2.45, 2.75) is 63.3 Å². The summed E-state index contributed by atoms with van der Waals surface area (Å²) in [5.74, 6) is -1.87. The molecule has 0 bridgehead atoms. The lowest BCUT2D eigenvalue weighted by molar-refractivity contribution is -0.645. The molecular weight excluding hydrogens is 657 g/mol. The van der Waals surface area contributed by atoms with Crippen LogP contribution in [0.25, 0.3) is 21.8 Å². The quantitative estimate of drug-likeness (QED) is 0.0646. The second-order valence-corrected chi connectivity index (χ2v) is 15.1. The van der Waals surface area contributed by atoms with Crippen LogP contribution in [-0.4, -0.2) is 62.3 Å². The SMILES string of the molecule is Cc1ccc(S(=O)(=O)N(CCCC(=O)NCCCCCC(N)=O)C(=O)c2c3ccccc3[n+](CCCS(=O)(=O)O)c3ccccc23)cc1. The van der Waals surface area contributed by atoms with Gasteiger partial charge in [0.2, 0.25) is 22.8 Å². The third-order valence-electron chi connectivity index (χ3n) is 7.95. The highest BCUT2D eigenvalue weighted by atomic mass is 32.2. The number of carbonyl (C=O) groups excluding carboxylic acids is 3. The van der Waals surface area contributed by atoms with Gasteiger partial charge in [0.25, 0.3) is 26.0 Å². The third-order valence-corrected chi connectivity index (χ3v) is 10.6. The predicted octanol–water partition coefficient (Wildman–Crippen LogP) is 3.64. The van der Waals surface area contributed by atoms with Crippen LogP contribution in [0.15, 0.2) is 77.7 Å². The first-order valence-corrected chi connectivity index (χ1v) is 18.8. The Hall–Kier alpha value is -4.40. The molecule has 1 heterocycles. The van der Waals surface area contributed by atoms with E-state index in [9.17, 15) is 35.8 Å². The normalized spacial score (nSPS) is 11.9. The van der Waals surface area contributed by atoms with Crippen molar-refractivity contribution < 1.29 is 40.3 Å². The highest BCUT2D eigenvalue weighted by molar-refractivity contribution is 7.89. The van der Waals surface area contributed by atoms with Crippen molar-refractivity contribution >= 4 is 59.7 Å². The van der Waals surface area contributed by atoms with Crippen molar-refractivity contribution in [3.8, 4) is 0 Å². The number of para-hydroxylation sites is 2. The molecule has 4 rings (SSSR count). The van der Waals surface area contributed by atoms with Gasteiger partial charge < -0.3 is 11.1 Å². The number of primary amides is 1. The van der Waals surface area contributed by atoms with Gasteiger partial charge in [0.15, 0.2) is 6.54 Å². The van der Waals surface area contributed by atoms with Crippen LogP contribution in [0.2, 0.25) is 0 Å². The lowest BCUT2D eigenvalue weighted by atomic mass is 10.0. The molecule has 3 amide bonds. The zero-order chi connectivity index (χ0) is 34.9. The lowest BCUT2D eigenvalue weighted by Crippen LogP contribution is -2.41. The Balaban J connectivity index is 1.68. The van der Waals surface area contributed by atoms with Gasteiger partial charge in [0, 0.05) is 44.5 Å². The molecule has 12 nitrogen and oxygen atoms in total. The minimum Gasteiger partial charge on any atom is -0.370 e. The summed E-state index contributed by atoms with van der Waals surface area (Å²) in [6.45, 7) is 2.17. The Morgan fingerprint density at radius 2 is 1.40 bits per heavy atom. The van der Waals surface area contributed by atoms with E-state index in [-0.39, 0.29) is 61.0 Å². The number of nitrogens with one attached hydrogen (secondary N) is 1. The maximum atomic E-state index is 14.6. The monoisotopic (exact) mass is 697 g/mol. The molecule has 0 fully saturated rings. The molecule has 0 saturated heterocycles. The first kappa shape index (κ1) is 36.4. The Labute approximate surface area is 280 Å². The van der Waals surface area contributed by atoms with Crippen LogP contribution in [-0.2, 0) is 36.3 Å². The second kappa shape index (κ2) is 16.1. The number of amides is 3. The summed E-state index contributed by atoms with van der Waals surface area (Å²) in [5, 5.41) is 3.73. The van der Waals surface area contributed by atoms with E-state index >= 15 is 0 Å². The van der Waals surface area contributed by atoms with Crippen LogP contribution in [0.4, 0.5) is 0 Å². The van der Waals surface area contributed by atoms with E-state index in [1.165, 1.54) is 12.1 Å². The summed E-state index contributed by atoms with van der Waals surface area (Å²) in [4.78, 5) is 38.0. The van der Waals surface area contributed by atoms with E-state index in [1.54, 1.807) is 60.7 Å². The summed E-state index contributed by atoms with van der Waals surface area (Å²) in [5.41, 5.74) is 7.32. The van der Waals surface area contributed by atoms with E-state index in [2.05, 4.69) is 5.32 Å². The number of rotatable bonds is 17. The Bertz CT molecular complexity index is 1960. The number of hydrogen-bond acceptors (Lipinski definition) is 7. The molecule has 0 unspecified atom stereocenters. The maximum absolute atomic E-state index is 14.6. The number of carbonyl (C=O) groups is 3. The molecule has 0 atom stereocenters. The Morgan fingerprint density at radius 3 is 1.98 bits per heavy atom. The molecule has 0 aliphatic carbocycles. The van der Waals surface area contributed by atoms with Gasteiger partial charge in [-0.25, -0.2) is 12.7 Å². The topological polar surface area (TPSA) is 185 Å². The fraction of sp³-hybridized carbons (Fsp3) is 0.353. The number of nitrogens with two attached hydrogens (primary N) is 1. The molecule has 256 valence electrons. The first-order chi connectivity index (χ1) is 22.8. The van der Waals surface area contributed by atoms with Crippen molar-refractivity contribution in [2.24, 2.45) is 5.73 Å². The zero-order valence-corrected chi connectivity index (χ0v) is 28.4. The number of aryl methyl sites for hydroxylation is 2. The van der Waals surface area contributed by atoms with Crippen molar-refractivity contribution in [2.75, 3.05) is 18.8 Å². The summed E-state index contributed by atoms with van der Waals surface area (Å²) in [6, 6.07) is 20.1. The van der Waals surface area contributed by atoms with E-state index in [0.717, 1.165) is 16.3 Å². The number of benzene rings is 3.